The van der Waals surface area contributed by atoms with Crippen molar-refractivity contribution >= 4 is 23.2 Å². The Morgan fingerprint density at radius 1 is 0.773 bits per heavy atom. The zero-order valence-corrected chi connectivity index (χ0v) is 14.7. The molecular weight excluding hydrogens is 311 g/mol. The van der Waals surface area contributed by atoms with Gasteiger partial charge in [-0.15, -0.1) is 0 Å². The highest BCUT2D eigenvalue weighted by Gasteiger charge is 2.05. The van der Waals surface area contributed by atoms with Crippen molar-refractivity contribution in [2.24, 2.45) is 5.92 Å². The molecular formula is C20H24Cl2. The molecule has 0 bridgehead atoms. The highest BCUT2D eigenvalue weighted by molar-refractivity contribution is 6.42. The molecule has 0 heterocycles. The fourth-order valence-corrected chi connectivity index (χ4v) is 3.04. The molecule has 2 aromatic rings. The van der Waals surface area contributed by atoms with Crippen molar-refractivity contribution in [3.63, 3.8) is 0 Å². The molecule has 0 N–H and O–H groups in total. The number of aryl methyl sites for hydroxylation is 2. The van der Waals surface area contributed by atoms with E-state index in [0.29, 0.717) is 10.0 Å². The molecule has 2 aromatic carbocycles. The number of hydrogen-bond donors (Lipinski definition) is 0. The average Bonchev–Trinajstić information content (AvgIpc) is 2.54. The van der Waals surface area contributed by atoms with Crippen molar-refractivity contribution in [3.05, 3.63) is 69.7 Å². The molecule has 2 heteroatoms. The monoisotopic (exact) mass is 334 g/mol. The maximum absolute atomic E-state index is 6.06. The quantitative estimate of drug-likeness (QED) is 0.457. The molecule has 2 rings (SSSR count). The second kappa shape index (κ2) is 9.22. The first-order valence-electron chi connectivity index (χ1n) is 8.13. The van der Waals surface area contributed by atoms with Crippen LogP contribution in [0.5, 0.6) is 0 Å². The molecule has 22 heavy (non-hydrogen) atoms. The van der Waals surface area contributed by atoms with E-state index in [2.05, 4.69) is 43.3 Å². The normalized spacial score (nSPS) is 12.3. The Morgan fingerprint density at radius 3 is 2.27 bits per heavy atom. The van der Waals surface area contributed by atoms with Gasteiger partial charge in [0.25, 0.3) is 0 Å². The SMILES string of the molecule is CC(CCCCc1ccccc1)CCc1ccc(Cl)c(Cl)c1. The third-order valence-corrected chi connectivity index (χ3v) is 4.90. The van der Waals surface area contributed by atoms with Gasteiger partial charge < -0.3 is 0 Å². The average molecular weight is 335 g/mol. The van der Waals surface area contributed by atoms with Crippen LogP contribution in [-0.4, -0.2) is 0 Å². The van der Waals surface area contributed by atoms with Crippen molar-refractivity contribution in [1.29, 1.82) is 0 Å². The van der Waals surface area contributed by atoms with E-state index >= 15 is 0 Å². The predicted octanol–water partition coefficient (Wildman–Crippen LogP) is 6.98. The Hall–Kier alpha value is -0.980. The van der Waals surface area contributed by atoms with Gasteiger partial charge in [0.1, 0.15) is 0 Å². The zero-order valence-electron chi connectivity index (χ0n) is 13.2. The lowest BCUT2D eigenvalue weighted by molar-refractivity contribution is 0.466. The largest absolute Gasteiger partial charge is 0.0827 e. The summed E-state index contributed by atoms with van der Waals surface area (Å²) in [5, 5.41) is 1.30. The van der Waals surface area contributed by atoms with Crippen molar-refractivity contribution < 1.29 is 0 Å². The van der Waals surface area contributed by atoms with Gasteiger partial charge in [-0.1, -0.05) is 79.4 Å². The topological polar surface area (TPSA) is 0 Å². The molecule has 0 amide bonds. The second-order valence-electron chi connectivity index (χ2n) is 6.12. The third kappa shape index (κ3) is 6.02. The lowest BCUT2D eigenvalue weighted by atomic mass is 9.95. The summed E-state index contributed by atoms with van der Waals surface area (Å²) in [7, 11) is 0. The van der Waals surface area contributed by atoms with Gasteiger partial charge in [0.2, 0.25) is 0 Å². The van der Waals surface area contributed by atoms with Crippen LogP contribution in [0.4, 0.5) is 0 Å². The van der Waals surface area contributed by atoms with E-state index in [1.807, 2.05) is 12.1 Å². The van der Waals surface area contributed by atoms with Crippen LogP contribution in [0.15, 0.2) is 48.5 Å². The molecule has 1 atom stereocenters. The van der Waals surface area contributed by atoms with E-state index in [1.54, 1.807) is 0 Å². The predicted molar refractivity (Wildman–Crippen MR) is 97.9 cm³/mol. The summed E-state index contributed by atoms with van der Waals surface area (Å²) in [5.41, 5.74) is 2.73. The van der Waals surface area contributed by atoms with Crippen LogP contribution in [0.3, 0.4) is 0 Å². The van der Waals surface area contributed by atoms with Gasteiger partial charge in [-0.2, -0.15) is 0 Å². The minimum atomic E-state index is 0.638. The van der Waals surface area contributed by atoms with Crippen molar-refractivity contribution in [2.45, 2.75) is 45.4 Å². The molecule has 118 valence electrons. The van der Waals surface area contributed by atoms with E-state index in [-0.39, 0.29) is 0 Å². The van der Waals surface area contributed by atoms with E-state index in [4.69, 9.17) is 23.2 Å². The van der Waals surface area contributed by atoms with Crippen molar-refractivity contribution in [2.75, 3.05) is 0 Å². The summed E-state index contributed by atoms with van der Waals surface area (Å²) in [5.74, 6) is 0.755. The van der Waals surface area contributed by atoms with E-state index in [1.165, 1.54) is 43.2 Å². The summed E-state index contributed by atoms with van der Waals surface area (Å²) in [6.45, 7) is 2.35. The molecule has 0 aliphatic rings. The summed E-state index contributed by atoms with van der Waals surface area (Å²) >= 11 is 12.0. The molecule has 0 spiro atoms. The van der Waals surface area contributed by atoms with E-state index in [0.717, 1.165) is 12.3 Å². The second-order valence-corrected chi connectivity index (χ2v) is 6.94. The molecule has 0 aliphatic heterocycles. The Morgan fingerprint density at radius 2 is 1.55 bits per heavy atom. The minimum Gasteiger partial charge on any atom is -0.0827 e. The molecule has 1 unspecified atom stereocenters. The molecule has 0 aliphatic carbocycles. The van der Waals surface area contributed by atoms with Gasteiger partial charge in [0.05, 0.1) is 10.0 Å². The summed E-state index contributed by atoms with van der Waals surface area (Å²) in [4.78, 5) is 0. The third-order valence-electron chi connectivity index (χ3n) is 4.17. The highest BCUT2D eigenvalue weighted by atomic mass is 35.5. The smallest absolute Gasteiger partial charge is 0.0595 e. The number of benzene rings is 2. The number of hydrogen-bond acceptors (Lipinski definition) is 0. The maximum Gasteiger partial charge on any atom is 0.0595 e. The fourth-order valence-electron chi connectivity index (χ4n) is 2.72. The van der Waals surface area contributed by atoms with Crippen LogP contribution in [0.1, 0.15) is 43.7 Å². The standard InChI is InChI=1S/C20H24Cl2/c1-16(7-5-6-10-17-8-3-2-4-9-17)11-12-18-13-14-19(21)20(22)15-18/h2-4,8-9,13-16H,5-7,10-12H2,1H3. The summed E-state index contributed by atoms with van der Waals surface area (Å²) in [6.07, 6.45) is 7.37. The summed E-state index contributed by atoms with van der Waals surface area (Å²) in [6, 6.07) is 16.7. The van der Waals surface area contributed by atoms with E-state index in [9.17, 15) is 0 Å². The number of halogens is 2. The minimum absolute atomic E-state index is 0.638. The highest BCUT2D eigenvalue weighted by Crippen LogP contribution is 2.24. The van der Waals surface area contributed by atoms with Crippen LogP contribution >= 0.6 is 23.2 Å². The van der Waals surface area contributed by atoms with Gasteiger partial charge in [-0.05, 0) is 54.9 Å². The Kier molecular flexibility index (Phi) is 7.29. The first-order chi connectivity index (χ1) is 10.6. The molecule has 0 fully saturated rings. The van der Waals surface area contributed by atoms with Crippen LogP contribution < -0.4 is 0 Å². The van der Waals surface area contributed by atoms with Crippen molar-refractivity contribution in [1.82, 2.24) is 0 Å². The molecule has 0 radical (unpaired) electrons. The fraction of sp³-hybridized carbons (Fsp3) is 0.400. The van der Waals surface area contributed by atoms with E-state index < -0.39 is 0 Å². The maximum atomic E-state index is 6.06. The van der Waals surface area contributed by atoms with Crippen molar-refractivity contribution in [3.8, 4) is 0 Å². The van der Waals surface area contributed by atoms with Gasteiger partial charge in [0, 0.05) is 0 Å². The Labute approximate surface area is 144 Å². The molecule has 0 aromatic heterocycles. The molecule has 0 saturated heterocycles. The lowest BCUT2D eigenvalue weighted by Crippen LogP contribution is -1.98. The number of unbranched alkanes of at least 4 members (excludes halogenated alkanes) is 1. The number of rotatable bonds is 8. The zero-order chi connectivity index (χ0) is 15.8. The summed E-state index contributed by atoms with van der Waals surface area (Å²) < 4.78 is 0. The molecule has 0 saturated carbocycles. The van der Waals surface area contributed by atoms with Crippen LogP contribution in [-0.2, 0) is 12.8 Å². The van der Waals surface area contributed by atoms with Gasteiger partial charge in [-0.3, -0.25) is 0 Å². The van der Waals surface area contributed by atoms with Gasteiger partial charge in [0.15, 0.2) is 0 Å². The van der Waals surface area contributed by atoms with Gasteiger partial charge in [-0.25, -0.2) is 0 Å². The first-order valence-corrected chi connectivity index (χ1v) is 8.88. The Balaban J connectivity index is 1.63. The first kappa shape index (κ1) is 17.4. The van der Waals surface area contributed by atoms with Crippen LogP contribution in [0, 0.1) is 5.92 Å². The Bertz CT molecular complexity index is 563. The van der Waals surface area contributed by atoms with Crippen LogP contribution in [0.2, 0.25) is 10.0 Å². The van der Waals surface area contributed by atoms with Gasteiger partial charge >= 0.3 is 0 Å². The van der Waals surface area contributed by atoms with Crippen LogP contribution in [0.25, 0.3) is 0 Å². The molecule has 0 nitrogen and oxygen atoms in total. The lowest BCUT2D eigenvalue weighted by Gasteiger charge is -2.11.